The molecule has 2 heterocycles. The maximum atomic E-state index is 12.4. The lowest BCUT2D eigenvalue weighted by atomic mass is 9.83. The van der Waals surface area contributed by atoms with Gasteiger partial charge in [0.25, 0.3) is 0 Å². The van der Waals surface area contributed by atoms with E-state index in [4.69, 9.17) is 59.4 Å². The Morgan fingerprint density at radius 2 is 1.52 bits per heavy atom. The van der Waals surface area contributed by atoms with Crippen LogP contribution in [-0.4, -0.2) is 170 Å². The van der Waals surface area contributed by atoms with E-state index in [0.717, 1.165) is 0 Å². The molecule has 21 nitrogen and oxygen atoms in total. The molecule has 2 aliphatic heterocycles. The van der Waals surface area contributed by atoms with Gasteiger partial charge in [-0.25, -0.2) is 0 Å². The quantitative estimate of drug-likeness (QED) is 0.0961. The number of aliphatic hydroxyl groups excluding tert-OH is 7. The van der Waals surface area contributed by atoms with Crippen molar-refractivity contribution in [1.82, 2.24) is 5.32 Å². The van der Waals surface area contributed by atoms with Crippen molar-refractivity contribution in [3.05, 3.63) is 0 Å². The highest BCUT2D eigenvalue weighted by atomic mass is 32.3. The standard InChI is InChI=1S/C22H43N5O12.H2O4S/c1-6(24)17-15(33)16(34)22(37-17)39-19-12(30)8(27-20(35)9(29)2-3-23)4-7(25)18(19)38-21-11(26)14(32)13(31)10(5-28)36-21;1-5(2,3)4/h6-19,21-22,28-34H,2-5,23-26H2,1H3,(H,27,35);(H2,1,2,3,4)/t6-,7+,8-,9+,10-,11-,12+,13-,14-,15+,16-,17-,18-,19-,21-,22+;/m1./s1. The topological polar surface area (TPSA) is 386 Å². The number of amides is 1. The Hall–Kier alpha value is -1.26. The first-order chi connectivity index (χ1) is 20.3. The van der Waals surface area contributed by atoms with Gasteiger partial charge < -0.3 is 82.9 Å². The second-order valence-corrected chi connectivity index (χ2v) is 11.7. The van der Waals surface area contributed by atoms with E-state index in [-0.39, 0.29) is 19.4 Å². The lowest BCUT2D eigenvalue weighted by Gasteiger charge is -2.47. The SMILES string of the molecule is C[C@@H](N)[C@H]1O[C@@H](O[C@@H]2[C@@H](O)[C@H](NC(=O)[C@@H](O)CCN)C[C@H](N)[C@H]2O[C@H]2O[C@H](CO)[C@@H](O)[C@H](O)[C@H]2N)[C@H](O)[C@@H]1O.O=S(=O)(O)O. The van der Waals surface area contributed by atoms with Crippen molar-refractivity contribution >= 4 is 16.3 Å². The molecule has 0 unspecified atom stereocenters. The summed E-state index contributed by atoms with van der Waals surface area (Å²) in [6, 6.07) is -4.04. The maximum Gasteiger partial charge on any atom is 0.394 e. The van der Waals surface area contributed by atoms with Crippen LogP contribution in [0.2, 0.25) is 0 Å². The van der Waals surface area contributed by atoms with Gasteiger partial charge in [-0.05, 0) is 26.3 Å². The third-order valence-electron chi connectivity index (χ3n) is 7.38. The van der Waals surface area contributed by atoms with Gasteiger partial charge in [0.2, 0.25) is 5.91 Å². The average Bonchev–Trinajstić information content (AvgIpc) is 3.21. The van der Waals surface area contributed by atoms with E-state index in [0.29, 0.717) is 0 Å². The third kappa shape index (κ3) is 10.1. The van der Waals surface area contributed by atoms with Crippen LogP contribution < -0.4 is 28.3 Å². The molecule has 1 aliphatic carbocycles. The Balaban J connectivity index is 0.00000125. The lowest BCUT2D eigenvalue weighted by Crippen LogP contribution is -2.69. The second-order valence-electron chi connectivity index (χ2n) is 10.8. The first kappa shape index (κ1) is 38.9. The number of hydrogen-bond donors (Lipinski definition) is 14. The predicted molar refractivity (Wildman–Crippen MR) is 144 cm³/mol. The summed E-state index contributed by atoms with van der Waals surface area (Å²) in [4.78, 5) is 12.4. The second kappa shape index (κ2) is 16.5. The Morgan fingerprint density at radius 3 is 2.02 bits per heavy atom. The summed E-state index contributed by atoms with van der Waals surface area (Å²) >= 11 is 0. The van der Waals surface area contributed by atoms with Crippen LogP contribution in [0.3, 0.4) is 0 Å². The molecule has 16 atom stereocenters. The normalized spacial score (nSPS) is 42.6. The van der Waals surface area contributed by atoms with Crippen molar-refractivity contribution in [2.45, 2.75) is 118 Å². The van der Waals surface area contributed by atoms with E-state index >= 15 is 0 Å². The van der Waals surface area contributed by atoms with Crippen LogP contribution in [0.1, 0.15) is 19.8 Å². The van der Waals surface area contributed by atoms with Gasteiger partial charge in [0.15, 0.2) is 12.6 Å². The van der Waals surface area contributed by atoms with E-state index in [1.165, 1.54) is 0 Å². The predicted octanol–water partition coefficient (Wildman–Crippen LogP) is -8.05. The molecule has 0 aromatic carbocycles. The van der Waals surface area contributed by atoms with Crippen LogP contribution in [0.4, 0.5) is 0 Å². The summed E-state index contributed by atoms with van der Waals surface area (Å²) in [5, 5.41) is 74.5. The van der Waals surface area contributed by atoms with Gasteiger partial charge in [0, 0.05) is 12.1 Å². The van der Waals surface area contributed by atoms with E-state index in [2.05, 4.69) is 5.32 Å². The zero-order valence-electron chi connectivity index (χ0n) is 23.7. The molecule has 0 bridgehead atoms. The smallest absolute Gasteiger partial charge is 0.394 e. The van der Waals surface area contributed by atoms with Gasteiger partial charge in [0.1, 0.15) is 61.0 Å². The maximum absolute atomic E-state index is 12.4. The van der Waals surface area contributed by atoms with Crippen molar-refractivity contribution in [2.75, 3.05) is 13.2 Å². The molecule has 3 rings (SSSR count). The Labute approximate surface area is 252 Å². The van der Waals surface area contributed by atoms with Crippen molar-refractivity contribution in [3.8, 4) is 0 Å². The molecule has 18 N–H and O–H groups in total. The number of carbonyl (C=O) groups is 1. The number of nitrogens with two attached hydrogens (primary N) is 4. The number of ether oxygens (including phenoxy) is 4. The van der Waals surface area contributed by atoms with Crippen molar-refractivity contribution in [2.24, 2.45) is 22.9 Å². The highest BCUT2D eigenvalue weighted by Gasteiger charge is 2.53. The minimum Gasteiger partial charge on any atom is -0.394 e. The van der Waals surface area contributed by atoms with Gasteiger partial charge >= 0.3 is 10.4 Å². The van der Waals surface area contributed by atoms with Crippen LogP contribution in [0.25, 0.3) is 0 Å². The zero-order valence-corrected chi connectivity index (χ0v) is 24.5. The minimum absolute atomic E-state index is 0.0257. The fraction of sp³-hybridized carbons (Fsp3) is 0.955. The molecule has 0 aromatic rings. The molecule has 3 aliphatic rings. The molecule has 1 saturated carbocycles. The molecule has 44 heavy (non-hydrogen) atoms. The van der Waals surface area contributed by atoms with Crippen LogP contribution in [0, 0.1) is 0 Å². The van der Waals surface area contributed by atoms with Gasteiger partial charge in [-0.2, -0.15) is 8.42 Å². The molecule has 0 radical (unpaired) electrons. The number of hydrogen-bond acceptors (Lipinski definition) is 18. The largest absolute Gasteiger partial charge is 0.394 e. The fourth-order valence-electron chi connectivity index (χ4n) is 5.04. The van der Waals surface area contributed by atoms with Crippen molar-refractivity contribution in [1.29, 1.82) is 0 Å². The number of carbonyl (C=O) groups excluding carboxylic acids is 1. The number of nitrogens with one attached hydrogen (secondary N) is 1. The average molecular weight is 668 g/mol. The number of rotatable bonds is 10. The summed E-state index contributed by atoms with van der Waals surface area (Å²) in [5.41, 5.74) is 23.6. The summed E-state index contributed by atoms with van der Waals surface area (Å²) in [5.74, 6) is -0.806. The fourth-order valence-corrected chi connectivity index (χ4v) is 5.04. The van der Waals surface area contributed by atoms with Gasteiger partial charge in [-0.1, -0.05) is 0 Å². The van der Waals surface area contributed by atoms with E-state index in [9.17, 15) is 40.5 Å². The summed E-state index contributed by atoms with van der Waals surface area (Å²) in [7, 11) is -4.67. The molecule has 0 aromatic heterocycles. The van der Waals surface area contributed by atoms with Gasteiger partial charge in [-0.3, -0.25) is 13.9 Å². The summed E-state index contributed by atoms with van der Waals surface area (Å²) < 4.78 is 54.5. The van der Waals surface area contributed by atoms with Crippen LogP contribution in [0.15, 0.2) is 0 Å². The Kier molecular flexibility index (Phi) is 14.6. The highest BCUT2D eigenvalue weighted by Crippen LogP contribution is 2.33. The van der Waals surface area contributed by atoms with Gasteiger partial charge in [-0.15, -0.1) is 0 Å². The first-order valence-corrected chi connectivity index (χ1v) is 15.0. The summed E-state index contributed by atoms with van der Waals surface area (Å²) in [6.45, 7) is 0.930. The molecular weight excluding hydrogens is 622 g/mol. The molecule has 260 valence electrons. The van der Waals surface area contributed by atoms with Crippen molar-refractivity contribution < 1.29 is 77.0 Å². The Bertz CT molecular complexity index is 1010. The zero-order chi connectivity index (χ0) is 33.7. The molecule has 2 saturated heterocycles. The third-order valence-corrected chi connectivity index (χ3v) is 7.38. The van der Waals surface area contributed by atoms with E-state index in [1.54, 1.807) is 6.92 Å². The molecule has 1 amide bonds. The monoisotopic (exact) mass is 667 g/mol. The molecule has 3 fully saturated rings. The molecule has 0 spiro atoms. The highest BCUT2D eigenvalue weighted by molar-refractivity contribution is 7.79. The summed E-state index contributed by atoms with van der Waals surface area (Å²) in [6.07, 6.45) is -17.0. The van der Waals surface area contributed by atoms with E-state index < -0.39 is 121 Å². The van der Waals surface area contributed by atoms with Crippen LogP contribution >= 0.6 is 0 Å². The molecule has 22 heteroatoms. The van der Waals surface area contributed by atoms with E-state index in [1.807, 2.05) is 0 Å². The number of aliphatic hydroxyl groups is 7. The lowest BCUT2D eigenvalue weighted by molar-refractivity contribution is -0.310. The van der Waals surface area contributed by atoms with Crippen LogP contribution in [-0.2, 0) is 34.1 Å². The van der Waals surface area contributed by atoms with Crippen LogP contribution in [0.5, 0.6) is 0 Å². The van der Waals surface area contributed by atoms with Crippen molar-refractivity contribution in [3.63, 3.8) is 0 Å². The first-order valence-electron chi connectivity index (χ1n) is 13.6. The van der Waals surface area contributed by atoms with Gasteiger partial charge in [0.05, 0.1) is 18.7 Å². The molecular formula is C22H45N5O16S. The minimum atomic E-state index is -4.67. The Morgan fingerprint density at radius 1 is 0.955 bits per heavy atom.